The number of hydrogen-bond donors (Lipinski definition) is 1. The average Bonchev–Trinajstić information content (AvgIpc) is 2.31. The number of rotatable bonds is 5. The summed E-state index contributed by atoms with van der Waals surface area (Å²) >= 11 is 0. The van der Waals surface area contributed by atoms with Crippen molar-refractivity contribution in [2.45, 2.75) is 6.92 Å². The van der Waals surface area contributed by atoms with Gasteiger partial charge in [0.1, 0.15) is 5.69 Å². The van der Waals surface area contributed by atoms with Crippen LogP contribution in [-0.2, 0) is 0 Å². The van der Waals surface area contributed by atoms with Gasteiger partial charge in [0.25, 0.3) is 0 Å². The predicted octanol–water partition coefficient (Wildman–Crippen LogP) is 2.20. The third kappa shape index (κ3) is 3.68. The fourth-order valence-electron chi connectivity index (χ4n) is 1.34. The molecule has 0 saturated carbocycles. The molecule has 0 heterocycles. The summed E-state index contributed by atoms with van der Waals surface area (Å²) in [6, 6.07) is 3.75. The molecule has 0 amide bonds. The van der Waals surface area contributed by atoms with E-state index in [4.69, 9.17) is 5.26 Å². The molecule has 0 spiro atoms. The minimum Gasteiger partial charge on any atom is -0.379 e. The Balaban J connectivity index is 2.69. The number of nitrogens with one attached hydrogen (secondary N) is 1. The number of likely N-dealkylation sites (N-methyl/N-ethyl adjacent to an activating group) is 1. The maximum absolute atomic E-state index is 13.4. The highest BCUT2D eigenvalue weighted by Crippen LogP contribution is 2.20. The van der Waals surface area contributed by atoms with Crippen LogP contribution in [0.25, 0.3) is 0 Å². The number of benzene rings is 1. The zero-order valence-electron chi connectivity index (χ0n) is 9.93. The molecule has 0 saturated heterocycles. The average molecular weight is 239 g/mol. The molecule has 0 unspecified atom stereocenters. The van der Waals surface area contributed by atoms with Crippen molar-refractivity contribution in [3.05, 3.63) is 29.3 Å². The number of anilines is 1. The van der Waals surface area contributed by atoms with Crippen molar-refractivity contribution in [2.24, 2.45) is 0 Å². The van der Waals surface area contributed by atoms with E-state index >= 15 is 0 Å². The Bertz CT molecular complexity index is 403. The number of nitrogens with zero attached hydrogens (tertiary/aromatic N) is 2. The third-order valence-electron chi connectivity index (χ3n) is 2.51. The minimum atomic E-state index is -0.735. The monoisotopic (exact) mass is 239 g/mol. The van der Waals surface area contributed by atoms with Crippen LogP contribution in [0.4, 0.5) is 14.5 Å². The summed E-state index contributed by atoms with van der Waals surface area (Å²) in [4.78, 5) is 2.02. The first-order chi connectivity index (χ1) is 8.08. The molecule has 0 bridgehead atoms. The van der Waals surface area contributed by atoms with Gasteiger partial charge < -0.3 is 10.2 Å². The minimum absolute atomic E-state index is 0.0174. The lowest BCUT2D eigenvalue weighted by atomic mass is 10.2. The van der Waals surface area contributed by atoms with E-state index in [-0.39, 0.29) is 11.3 Å². The Morgan fingerprint density at radius 3 is 2.41 bits per heavy atom. The molecule has 1 aromatic rings. The molecule has 0 radical (unpaired) electrons. The lowest BCUT2D eigenvalue weighted by Crippen LogP contribution is -2.25. The van der Waals surface area contributed by atoms with Crippen molar-refractivity contribution in [1.29, 1.82) is 5.26 Å². The van der Waals surface area contributed by atoms with E-state index in [2.05, 4.69) is 5.32 Å². The van der Waals surface area contributed by atoms with Crippen LogP contribution in [0, 0.1) is 23.0 Å². The van der Waals surface area contributed by atoms with E-state index < -0.39 is 11.6 Å². The van der Waals surface area contributed by atoms with Gasteiger partial charge in [-0.05, 0) is 25.7 Å². The van der Waals surface area contributed by atoms with Gasteiger partial charge in [-0.25, -0.2) is 8.78 Å². The lowest BCUT2D eigenvalue weighted by Gasteiger charge is -2.15. The third-order valence-corrected chi connectivity index (χ3v) is 2.51. The standard InChI is InChI=1S/C12H15F2N3/c1-3-17(2)5-4-16-12-10(13)6-9(8-15)7-11(12)14/h6-7,16H,3-5H2,1-2H3. The van der Waals surface area contributed by atoms with Crippen molar-refractivity contribution >= 4 is 5.69 Å². The summed E-state index contributed by atoms with van der Waals surface area (Å²) < 4.78 is 26.9. The normalized spacial score (nSPS) is 10.4. The number of hydrogen-bond acceptors (Lipinski definition) is 3. The molecule has 1 N–H and O–H groups in total. The Morgan fingerprint density at radius 2 is 1.94 bits per heavy atom. The molecule has 92 valence electrons. The second-order valence-electron chi connectivity index (χ2n) is 3.75. The van der Waals surface area contributed by atoms with Crippen molar-refractivity contribution in [3.8, 4) is 6.07 Å². The Morgan fingerprint density at radius 1 is 1.35 bits per heavy atom. The van der Waals surface area contributed by atoms with Crippen molar-refractivity contribution in [2.75, 3.05) is 32.0 Å². The summed E-state index contributed by atoms with van der Waals surface area (Å²) in [5.74, 6) is -1.47. The Hall–Kier alpha value is -1.67. The molecule has 5 heteroatoms. The molecular formula is C12H15F2N3. The quantitative estimate of drug-likeness (QED) is 0.856. The molecule has 3 nitrogen and oxygen atoms in total. The van der Waals surface area contributed by atoms with Crippen molar-refractivity contribution < 1.29 is 8.78 Å². The van der Waals surface area contributed by atoms with E-state index in [1.807, 2.05) is 18.9 Å². The van der Waals surface area contributed by atoms with Gasteiger partial charge in [0.15, 0.2) is 11.6 Å². The van der Waals surface area contributed by atoms with Crippen LogP contribution in [0.5, 0.6) is 0 Å². The summed E-state index contributed by atoms with van der Waals surface area (Å²) in [7, 11) is 1.92. The summed E-state index contributed by atoms with van der Waals surface area (Å²) in [6.07, 6.45) is 0. The second-order valence-corrected chi connectivity index (χ2v) is 3.75. The fourth-order valence-corrected chi connectivity index (χ4v) is 1.34. The molecular weight excluding hydrogens is 224 g/mol. The van der Waals surface area contributed by atoms with Gasteiger partial charge in [0.2, 0.25) is 0 Å². The van der Waals surface area contributed by atoms with Crippen LogP contribution in [0.3, 0.4) is 0 Å². The van der Waals surface area contributed by atoms with Gasteiger partial charge in [-0.3, -0.25) is 0 Å². The fraction of sp³-hybridized carbons (Fsp3) is 0.417. The smallest absolute Gasteiger partial charge is 0.150 e. The van der Waals surface area contributed by atoms with E-state index in [1.54, 1.807) is 6.07 Å². The van der Waals surface area contributed by atoms with Crippen molar-refractivity contribution in [3.63, 3.8) is 0 Å². The molecule has 0 aliphatic carbocycles. The van der Waals surface area contributed by atoms with Gasteiger partial charge in [0.05, 0.1) is 11.6 Å². The van der Waals surface area contributed by atoms with Gasteiger partial charge in [-0.1, -0.05) is 6.92 Å². The first-order valence-electron chi connectivity index (χ1n) is 5.40. The van der Waals surface area contributed by atoms with Gasteiger partial charge >= 0.3 is 0 Å². The maximum Gasteiger partial charge on any atom is 0.150 e. The molecule has 0 fully saturated rings. The zero-order chi connectivity index (χ0) is 12.8. The van der Waals surface area contributed by atoms with Gasteiger partial charge in [-0.2, -0.15) is 5.26 Å². The van der Waals surface area contributed by atoms with E-state index in [9.17, 15) is 8.78 Å². The first kappa shape index (κ1) is 13.4. The summed E-state index contributed by atoms with van der Waals surface area (Å²) in [5.41, 5.74) is -0.190. The molecule has 0 aliphatic rings. The first-order valence-corrected chi connectivity index (χ1v) is 5.40. The van der Waals surface area contributed by atoms with Crippen LogP contribution in [-0.4, -0.2) is 31.6 Å². The van der Waals surface area contributed by atoms with E-state index in [1.165, 1.54) is 0 Å². The van der Waals surface area contributed by atoms with Gasteiger partial charge in [-0.15, -0.1) is 0 Å². The Kier molecular flexibility index (Phi) is 4.85. The lowest BCUT2D eigenvalue weighted by molar-refractivity contribution is 0.366. The highest BCUT2D eigenvalue weighted by Gasteiger charge is 2.10. The number of halogens is 2. The second kappa shape index (κ2) is 6.16. The zero-order valence-corrected chi connectivity index (χ0v) is 9.93. The molecule has 0 atom stereocenters. The summed E-state index contributed by atoms with van der Waals surface area (Å²) in [6.45, 7) is 4.02. The van der Waals surface area contributed by atoms with E-state index in [0.717, 1.165) is 18.7 Å². The van der Waals surface area contributed by atoms with Crippen LogP contribution >= 0.6 is 0 Å². The highest BCUT2D eigenvalue weighted by atomic mass is 19.1. The van der Waals surface area contributed by atoms with Crippen LogP contribution < -0.4 is 5.32 Å². The summed E-state index contributed by atoms with van der Waals surface area (Å²) in [5, 5.41) is 11.2. The SMILES string of the molecule is CCN(C)CCNc1c(F)cc(C#N)cc1F. The number of nitriles is 1. The molecule has 1 aromatic carbocycles. The van der Waals surface area contributed by atoms with Crippen LogP contribution in [0.2, 0.25) is 0 Å². The molecule has 17 heavy (non-hydrogen) atoms. The van der Waals surface area contributed by atoms with Crippen molar-refractivity contribution in [1.82, 2.24) is 4.90 Å². The largest absolute Gasteiger partial charge is 0.379 e. The molecule has 0 aromatic heterocycles. The molecule has 0 aliphatic heterocycles. The molecule has 1 rings (SSSR count). The van der Waals surface area contributed by atoms with Crippen LogP contribution in [0.1, 0.15) is 12.5 Å². The van der Waals surface area contributed by atoms with E-state index in [0.29, 0.717) is 13.1 Å². The highest BCUT2D eigenvalue weighted by molar-refractivity contribution is 5.50. The Labute approximate surface area is 99.7 Å². The van der Waals surface area contributed by atoms with Gasteiger partial charge in [0, 0.05) is 13.1 Å². The van der Waals surface area contributed by atoms with Crippen LogP contribution in [0.15, 0.2) is 12.1 Å². The topological polar surface area (TPSA) is 39.1 Å². The maximum atomic E-state index is 13.4. The predicted molar refractivity (Wildman–Crippen MR) is 62.7 cm³/mol.